The van der Waals surface area contributed by atoms with E-state index in [-0.39, 0.29) is 84.0 Å². The van der Waals surface area contributed by atoms with Crippen LogP contribution in [-0.2, 0) is 31.0 Å². The van der Waals surface area contributed by atoms with Crippen LogP contribution in [0, 0.1) is 6.92 Å². The molecule has 42 heavy (non-hydrogen) atoms. The number of aryl methyl sites for hydroxylation is 1. The predicted octanol–water partition coefficient (Wildman–Crippen LogP) is -0.601. The van der Waals surface area contributed by atoms with Crippen LogP contribution >= 0.6 is 0 Å². The molecule has 0 atom stereocenters. The maximum Gasteiger partial charge on any atom is 1.00 e. The minimum absolute atomic E-state index is 0. The van der Waals surface area contributed by atoms with E-state index >= 15 is 0 Å². The number of phenolic OH excluding ortho intramolecular Hbond substituents is 1. The van der Waals surface area contributed by atoms with Gasteiger partial charge in [-0.3, -0.25) is 24.2 Å². The van der Waals surface area contributed by atoms with Gasteiger partial charge in [-0.2, -0.15) is 0 Å². The third-order valence-corrected chi connectivity index (χ3v) is 7.32. The van der Waals surface area contributed by atoms with Crippen molar-refractivity contribution >= 4 is 33.4 Å². The molecule has 0 saturated heterocycles. The van der Waals surface area contributed by atoms with Gasteiger partial charge in [0.15, 0.2) is 5.78 Å². The van der Waals surface area contributed by atoms with Crippen LogP contribution in [0.2, 0.25) is 0 Å². The summed E-state index contributed by atoms with van der Waals surface area (Å²) in [6, 6.07) is 8.82. The number of hydrogen-bond donors (Lipinski definition) is 3. The van der Waals surface area contributed by atoms with Crippen molar-refractivity contribution in [1.82, 2.24) is 9.80 Å². The number of hydrogen-bond acceptors (Lipinski definition) is 9. The number of carboxylic acids is 2. The Labute approximate surface area is 266 Å². The Kier molecular flexibility index (Phi) is 12.0. The molecule has 0 amide bonds. The zero-order valence-electron chi connectivity index (χ0n) is 24.0. The molecule has 11 nitrogen and oxygen atoms in total. The fraction of sp³-hybridized carbons (Fsp3) is 0.276. The van der Waals surface area contributed by atoms with E-state index < -0.39 is 27.0 Å². The Bertz CT molecular complexity index is 1610. The maximum absolute atomic E-state index is 13.0. The smallest absolute Gasteiger partial charge is 0.744 e. The summed E-state index contributed by atoms with van der Waals surface area (Å²) in [4.78, 5) is 37.8. The Balaban J connectivity index is 0.00000616. The molecule has 2 aromatic carbocycles. The molecule has 0 spiro atoms. The number of carbonyl (C=O) groups is 3. The Morgan fingerprint density at radius 1 is 0.929 bits per heavy atom. The molecule has 3 rings (SSSR count). The van der Waals surface area contributed by atoms with Crippen molar-refractivity contribution in [2.45, 2.75) is 25.3 Å². The third-order valence-electron chi connectivity index (χ3n) is 6.42. The second kappa shape index (κ2) is 14.4. The molecular formula is C29H31N2NaO9S. The molecule has 13 heteroatoms. The number of aliphatic carboxylic acids is 2. The Morgan fingerprint density at radius 3 is 2.07 bits per heavy atom. The molecule has 0 aliphatic heterocycles. The molecule has 0 aromatic heterocycles. The van der Waals surface area contributed by atoms with Crippen LogP contribution in [0.3, 0.4) is 0 Å². The van der Waals surface area contributed by atoms with E-state index in [4.69, 9.17) is 10.2 Å². The summed E-state index contributed by atoms with van der Waals surface area (Å²) in [6.07, 6.45) is 3.10. The fourth-order valence-electron chi connectivity index (χ4n) is 4.75. The van der Waals surface area contributed by atoms with Gasteiger partial charge in [0, 0.05) is 29.8 Å². The van der Waals surface area contributed by atoms with Crippen molar-refractivity contribution in [2.75, 3.05) is 33.7 Å². The number of likely N-dealkylation sites (N-methyl/N-ethyl adjacent to an activating group) is 2. The van der Waals surface area contributed by atoms with Crippen molar-refractivity contribution in [2.24, 2.45) is 0 Å². The molecule has 0 radical (unpaired) electrons. The Hall–Kier alpha value is -3.10. The van der Waals surface area contributed by atoms with E-state index in [9.17, 15) is 32.5 Å². The number of rotatable bonds is 11. The topological polar surface area (TPSA) is 176 Å². The summed E-state index contributed by atoms with van der Waals surface area (Å²) in [5.74, 6) is -2.52. The number of allylic oxidation sites excluding steroid dienone is 4. The van der Waals surface area contributed by atoms with Gasteiger partial charge in [0.05, 0.1) is 18.0 Å². The quantitative estimate of drug-likeness (QED) is 0.220. The second-order valence-corrected chi connectivity index (χ2v) is 11.4. The van der Waals surface area contributed by atoms with Gasteiger partial charge in [0.2, 0.25) is 0 Å². The zero-order chi connectivity index (χ0) is 30.6. The van der Waals surface area contributed by atoms with Gasteiger partial charge in [-0.05, 0) is 86.1 Å². The normalized spacial score (nSPS) is 14.8. The molecule has 3 N–H and O–H groups in total. The number of carbonyl (C=O) groups excluding carboxylic acids is 1. The molecular weight excluding hydrogens is 575 g/mol. The first-order chi connectivity index (χ1) is 19.1. The Morgan fingerprint density at radius 2 is 1.50 bits per heavy atom. The van der Waals surface area contributed by atoms with Crippen LogP contribution in [0.1, 0.15) is 29.2 Å². The van der Waals surface area contributed by atoms with Gasteiger partial charge >= 0.3 is 41.5 Å². The molecule has 0 bridgehead atoms. The van der Waals surface area contributed by atoms with Gasteiger partial charge in [-0.1, -0.05) is 18.2 Å². The van der Waals surface area contributed by atoms with Crippen molar-refractivity contribution in [3.8, 4) is 5.75 Å². The van der Waals surface area contributed by atoms with E-state index in [1.54, 1.807) is 52.2 Å². The average Bonchev–Trinajstić information content (AvgIpc) is 2.84. The summed E-state index contributed by atoms with van der Waals surface area (Å²) in [5, 5.41) is 29.1. The number of benzene rings is 2. The zero-order valence-corrected chi connectivity index (χ0v) is 26.9. The SMILES string of the molecule is CC1=CC(=C(c2cc(C)c(O)c(CN(C)CC(=O)O)c2)c2ccccc2S(=O)(=O)[O-])C=C(CN(C)CC(=O)O)C1=O.[Na+]. The molecule has 0 fully saturated rings. The van der Waals surface area contributed by atoms with Gasteiger partial charge in [-0.15, -0.1) is 0 Å². The first kappa shape index (κ1) is 35.1. The van der Waals surface area contributed by atoms with Crippen LogP contribution in [0.15, 0.2) is 70.2 Å². The third kappa shape index (κ3) is 8.71. The van der Waals surface area contributed by atoms with Crippen molar-refractivity contribution < 1.29 is 72.2 Å². The van der Waals surface area contributed by atoms with Gasteiger partial charge in [-0.25, -0.2) is 8.42 Å². The predicted molar refractivity (Wildman–Crippen MR) is 149 cm³/mol. The van der Waals surface area contributed by atoms with E-state index in [1.165, 1.54) is 34.1 Å². The maximum atomic E-state index is 13.0. The molecule has 218 valence electrons. The number of aromatic hydroxyl groups is 1. The number of ketones is 1. The first-order valence-electron chi connectivity index (χ1n) is 12.4. The number of Topliss-reactive ketones (excluding diaryl/α,β-unsaturated/α-hetero) is 1. The monoisotopic (exact) mass is 606 g/mol. The van der Waals surface area contributed by atoms with E-state index in [0.29, 0.717) is 27.8 Å². The largest absolute Gasteiger partial charge is 1.00 e. The van der Waals surface area contributed by atoms with Crippen LogP contribution in [-0.4, -0.2) is 89.5 Å². The summed E-state index contributed by atoms with van der Waals surface area (Å²) >= 11 is 0. The summed E-state index contributed by atoms with van der Waals surface area (Å²) < 4.78 is 36.9. The van der Waals surface area contributed by atoms with Gasteiger partial charge in [0.25, 0.3) is 0 Å². The molecule has 0 heterocycles. The number of carboxylic acid groups (broad SMARTS) is 2. The van der Waals surface area contributed by atoms with E-state index in [2.05, 4.69) is 0 Å². The fourth-order valence-corrected chi connectivity index (χ4v) is 5.43. The standard InChI is InChI=1S/C29H32N2O9S.Na/c1-17-9-19(11-21(28(17)36)13-30(3)15-25(32)33)27(23-7-5-6-8-24(23)41(38,39)40)20-10-18(2)29(37)22(12-20)14-31(4)16-26(34)35;/h5-12,36H,13-16H2,1-4H3,(H,32,33)(H,34,35)(H,38,39,40);/q;+1/p-1. The van der Waals surface area contributed by atoms with E-state index in [1.807, 2.05) is 0 Å². The molecule has 1 aliphatic carbocycles. The average molecular weight is 607 g/mol. The van der Waals surface area contributed by atoms with Crippen molar-refractivity contribution in [3.63, 3.8) is 0 Å². The summed E-state index contributed by atoms with van der Waals surface area (Å²) in [5.41, 5.74) is 2.53. The molecule has 1 aliphatic rings. The van der Waals surface area contributed by atoms with Crippen LogP contribution in [0.25, 0.3) is 5.57 Å². The van der Waals surface area contributed by atoms with Gasteiger partial charge in [0.1, 0.15) is 15.9 Å². The van der Waals surface area contributed by atoms with Crippen LogP contribution in [0.5, 0.6) is 5.75 Å². The minimum Gasteiger partial charge on any atom is -0.744 e. The number of phenols is 1. The molecule has 0 saturated carbocycles. The first-order valence-corrected chi connectivity index (χ1v) is 13.9. The summed E-state index contributed by atoms with van der Waals surface area (Å²) in [6.45, 7) is 2.63. The van der Waals surface area contributed by atoms with Crippen LogP contribution in [0.4, 0.5) is 0 Å². The minimum atomic E-state index is -4.95. The summed E-state index contributed by atoms with van der Waals surface area (Å²) in [7, 11) is -1.84. The number of nitrogens with zero attached hydrogens (tertiary/aromatic N) is 2. The van der Waals surface area contributed by atoms with Gasteiger partial charge < -0.3 is 19.9 Å². The molecule has 2 aromatic rings. The van der Waals surface area contributed by atoms with Crippen molar-refractivity contribution in [3.05, 3.63) is 87.5 Å². The van der Waals surface area contributed by atoms with E-state index in [0.717, 1.165) is 0 Å². The van der Waals surface area contributed by atoms with Crippen molar-refractivity contribution in [1.29, 1.82) is 0 Å². The molecule has 0 unspecified atom stereocenters. The van der Waals surface area contributed by atoms with Crippen LogP contribution < -0.4 is 29.6 Å². The second-order valence-electron chi connectivity index (χ2n) is 10.0.